The van der Waals surface area contributed by atoms with Gasteiger partial charge >= 0.3 is 5.97 Å². The van der Waals surface area contributed by atoms with E-state index in [2.05, 4.69) is 21.0 Å². The molecule has 1 aromatic heterocycles. The molecule has 0 unspecified atom stereocenters. The number of hydrogen-bond acceptors (Lipinski definition) is 2. The molecule has 0 aliphatic heterocycles. The van der Waals surface area contributed by atoms with Crippen LogP contribution in [0.5, 0.6) is 0 Å². The fourth-order valence-corrected chi connectivity index (χ4v) is 1.88. The van der Waals surface area contributed by atoms with Crippen LogP contribution in [0.4, 0.5) is 0 Å². The Labute approximate surface area is 107 Å². The third-order valence-electron chi connectivity index (χ3n) is 2.31. The summed E-state index contributed by atoms with van der Waals surface area (Å²) in [6, 6.07) is 9.60. The molecule has 0 atom stereocenters. The molecule has 5 heteroatoms. The van der Waals surface area contributed by atoms with Gasteiger partial charge in [-0.25, -0.2) is 4.68 Å². The minimum Gasteiger partial charge on any atom is -0.481 e. The van der Waals surface area contributed by atoms with Crippen molar-refractivity contribution in [2.75, 3.05) is 0 Å². The van der Waals surface area contributed by atoms with Crippen molar-refractivity contribution in [3.63, 3.8) is 0 Å². The molecule has 0 fully saturated rings. The third kappa shape index (κ3) is 3.17. The van der Waals surface area contributed by atoms with E-state index in [1.807, 2.05) is 36.5 Å². The number of aryl methyl sites for hydroxylation is 1. The molecule has 2 aromatic rings. The van der Waals surface area contributed by atoms with Crippen molar-refractivity contribution in [2.45, 2.75) is 12.8 Å². The number of aliphatic carboxylic acids is 1. The Balaban J connectivity index is 2.15. The number of carbonyl (C=O) groups is 1. The first-order chi connectivity index (χ1) is 8.15. The first-order valence-corrected chi connectivity index (χ1v) is 5.97. The number of halogens is 1. The molecule has 1 aromatic carbocycles. The molecule has 4 nitrogen and oxygen atoms in total. The van der Waals surface area contributed by atoms with E-state index in [0.29, 0.717) is 6.42 Å². The predicted octanol–water partition coefficient (Wildman–Crippen LogP) is 2.65. The van der Waals surface area contributed by atoms with E-state index in [-0.39, 0.29) is 6.42 Å². The van der Waals surface area contributed by atoms with E-state index in [4.69, 9.17) is 5.11 Å². The van der Waals surface area contributed by atoms with Crippen molar-refractivity contribution in [1.82, 2.24) is 9.78 Å². The summed E-state index contributed by atoms with van der Waals surface area (Å²) in [7, 11) is 0. The number of hydrogen-bond donors (Lipinski definition) is 1. The van der Waals surface area contributed by atoms with Crippen molar-refractivity contribution < 1.29 is 9.90 Å². The number of nitrogens with zero attached hydrogens (tertiary/aromatic N) is 2. The van der Waals surface area contributed by atoms with Crippen LogP contribution in [0.2, 0.25) is 0 Å². The van der Waals surface area contributed by atoms with Gasteiger partial charge < -0.3 is 5.11 Å². The van der Waals surface area contributed by atoms with Gasteiger partial charge in [0.15, 0.2) is 0 Å². The number of carboxylic acid groups (broad SMARTS) is 1. The summed E-state index contributed by atoms with van der Waals surface area (Å²) in [5.41, 5.74) is 1.73. The minimum absolute atomic E-state index is 0.107. The molecule has 0 bridgehead atoms. The topological polar surface area (TPSA) is 55.1 Å². The van der Waals surface area contributed by atoms with Crippen LogP contribution in [-0.2, 0) is 11.2 Å². The lowest BCUT2D eigenvalue weighted by Gasteiger charge is -2.01. The molecule has 1 N–H and O–H groups in total. The summed E-state index contributed by atoms with van der Waals surface area (Å²) < 4.78 is 2.72. The molecule has 1 heterocycles. The van der Waals surface area contributed by atoms with Crippen molar-refractivity contribution in [1.29, 1.82) is 0 Å². The zero-order chi connectivity index (χ0) is 12.3. The Hall–Kier alpha value is -1.62. The molecular formula is C12H11BrN2O2. The Morgan fingerprint density at radius 2 is 2.24 bits per heavy atom. The van der Waals surface area contributed by atoms with E-state index < -0.39 is 5.97 Å². The highest BCUT2D eigenvalue weighted by atomic mass is 79.9. The summed E-state index contributed by atoms with van der Waals surface area (Å²) in [5.74, 6) is -0.804. The van der Waals surface area contributed by atoms with E-state index in [0.717, 1.165) is 15.9 Å². The van der Waals surface area contributed by atoms with E-state index in [9.17, 15) is 4.79 Å². The number of aromatic nitrogens is 2. The predicted molar refractivity (Wildman–Crippen MR) is 67.2 cm³/mol. The van der Waals surface area contributed by atoms with Crippen LogP contribution in [0.3, 0.4) is 0 Å². The molecule has 0 aliphatic carbocycles. The molecular weight excluding hydrogens is 284 g/mol. The summed E-state index contributed by atoms with van der Waals surface area (Å²) in [6.07, 6.45) is 2.39. The largest absolute Gasteiger partial charge is 0.481 e. The molecule has 2 rings (SSSR count). The fourth-order valence-electron chi connectivity index (χ4n) is 1.49. The summed E-state index contributed by atoms with van der Waals surface area (Å²) in [6.45, 7) is 0. The monoisotopic (exact) mass is 294 g/mol. The van der Waals surface area contributed by atoms with Crippen LogP contribution < -0.4 is 0 Å². The lowest BCUT2D eigenvalue weighted by molar-refractivity contribution is -0.136. The molecule has 0 amide bonds. The van der Waals surface area contributed by atoms with E-state index >= 15 is 0 Å². The van der Waals surface area contributed by atoms with Crippen LogP contribution in [0.1, 0.15) is 12.1 Å². The second-order valence-electron chi connectivity index (χ2n) is 3.63. The van der Waals surface area contributed by atoms with Crippen LogP contribution >= 0.6 is 15.9 Å². The van der Waals surface area contributed by atoms with Gasteiger partial charge in [-0.2, -0.15) is 5.10 Å². The Bertz CT molecular complexity index is 537. The molecule has 88 valence electrons. The summed E-state index contributed by atoms with van der Waals surface area (Å²) in [4.78, 5) is 10.5. The fraction of sp³-hybridized carbons (Fsp3) is 0.167. The van der Waals surface area contributed by atoms with Gasteiger partial charge in [0.1, 0.15) is 0 Å². The number of rotatable bonds is 4. The number of benzene rings is 1. The maximum absolute atomic E-state index is 10.5. The van der Waals surface area contributed by atoms with Gasteiger partial charge in [-0.15, -0.1) is 0 Å². The Morgan fingerprint density at radius 3 is 2.94 bits per heavy atom. The van der Waals surface area contributed by atoms with Gasteiger partial charge in [0.05, 0.1) is 17.8 Å². The highest BCUT2D eigenvalue weighted by Gasteiger charge is 2.04. The molecule has 0 radical (unpaired) electrons. The third-order valence-corrected chi connectivity index (χ3v) is 2.81. The smallest absolute Gasteiger partial charge is 0.303 e. The highest BCUT2D eigenvalue weighted by Crippen LogP contribution is 2.15. The van der Waals surface area contributed by atoms with Crippen LogP contribution in [-0.4, -0.2) is 20.9 Å². The molecule has 17 heavy (non-hydrogen) atoms. The molecule has 0 saturated heterocycles. The first-order valence-electron chi connectivity index (χ1n) is 5.17. The van der Waals surface area contributed by atoms with Crippen molar-refractivity contribution >= 4 is 21.9 Å². The molecule has 0 spiro atoms. The maximum Gasteiger partial charge on any atom is 0.303 e. The minimum atomic E-state index is -0.804. The highest BCUT2D eigenvalue weighted by molar-refractivity contribution is 9.10. The lowest BCUT2D eigenvalue weighted by Crippen LogP contribution is -2.00. The average molecular weight is 295 g/mol. The van der Waals surface area contributed by atoms with Crippen molar-refractivity contribution in [3.8, 4) is 5.69 Å². The van der Waals surface area contributed by atoms with Crippen molar-refractivity contribution in [3.05, 3.63) is 46.7 Å². The lowest BCUT2D eigenvalue weighted by atomic mass is 10.2. The average Bonchev–Trinajstić information content (AvgIpc) is 2.75. The Morgan fingerprint density at radius 1 is 1.41 bits per heavy atom. The van der Waals surface area contributed by atoms with E-state index in [1.165, 1.54) is 0 Å². The van der Waals surface area contributed by atoms with Gasteiger partial charge in [0.2, 0.25) is 0 Å². The van der Waals surface area contributed by atoms with Gasteiger partial charge in [0.25, 0.3) is 0 Å². The number of carboxylic acids is 1. The maximum atomic E-state index is 10.5. The standard InChI is InChI=1S/C12H11BrN2O2/c13-9-2-1-3-11(8-9)15-7-6-10(14-15)4-5-12(16)17/h1-3,6-8H,4-5H2,(H,16,17). The van der Waals surface area contributed by atoms with Crippen LogP contribution in [0, 0.1) is 0 Å². The quantitative estimate of drug-likeness (QED) is 0.943. The summed E-state index contributed by atoms with van der Waals surface area (Å²) >= 11 is 3.40. The molecule has 0 aliphatic rings. The van der Waals surface area contributed by atoms with Gasteiger partial charge in [-0.3, -0.25) is 4.79 Å². The first kappa shape index (κ1) is 11.9. The van der Waals surface area contributed by atoms with Gasteiger partial charge in [-0.1, -0.05) is 22.0 Å². The zero-order valence-electron chi connectivity index (χ0n) is 9.01. The normalized spacial score (nSPS) is 10.4. The second kappa shape index (κ2) is 5.14. The van der Waals surface area contributed by atoms with Crippen LogP contribution in [0.15, 0.2) is 41.0 Å². The van der Waals surface area contributed by atoms with Gasteiger partial charge in [0, 0.05) is 17.1 Å². The van der Waals surface area contributed by atoms with Gasteiger partial charge in [-0.05, 0) is 24.3 Å². The van der Waals surface area contributed by atoms with Crippen LogP contribution in [0.25, 0.3) is 5.69 Å². The van der Waals surface area contributed by atoms with Crippen molar-refractivity contribution in [2.24, 2.45) is 0 Å². The molecule has 0 saturated carbocycles. The summed E-state index contributed by atoms with van der Waals surface area (Å²) in [5, 5.41) is 12.9. The SMILES string of the molecule is O=C(O)CCc1ccn(-c2cccc(Br)c2)n1. The zero-order valence-corrected chi connectivity index (χ0v) is 10.6. The second-order valence-corrected chi connectivity index (χ2v) is 4.54. The Kier molecular flexibility index (Phi) is 3.58. The van der Waals surface area contributed by atoms with E-state index in [1.54, 1.807) is 4.68 Å².